The van der Waals surface area contributed by atoms with Crippen LogP contribution in [0.1, 0.15) is 32.6 Å². The average Bonchev–Trinajstić information content (AvgIpc) is 2.93. The third kappa shape index (κ3) is 7.96. The van der Waals surface area contributed by atoms with Crippen molar-refractivity contribution < 1.29 is 13.2 Å². The Balaban J connectivity index is 0.00000312. The summed E-state index contributed by atoms with van der Waals surface area (Å²) in [7, 11) is -1.50. The van der Waals surface area contributed by atoms with E-state index in [1.165, 1.54) is 6.42 Å². The van der Waals surface area contributed by atoms with Crippen molar-refractivity contribution in [1.29, 1.82) is 0 Å². The van der Waals surface area contributed by atoms with E-state index in [0.717, 1.165) is 51.5 Å². The number of methoxy groups -OCH3 is 1. The van der Waals surface area contributed by atoms with Crippen molar-refractivity contribution in [3.05, 3.63) is 0 Å². The molecule has 9 heteroatoms. The van der Waals surface area contributed by atoms with Crippen LogP contribution in [0.25, 0.3) is 0 Å². The van der Waals surface area contributed by atoms with Crippen molar-refractivity contribution in [2.24, 2.45) is 16.8 Å². The van der Waals surface area contributed by atoms with Crippen LogP contribution < -0.4 is 10.0 Å². The van der Waals surface area contributed by atoms with Crippen molar-refractivity contribution in [3.63, 3.8) is 0 Å². The molecule has 1 saturated heterocycles. The van der Waals surface area contributed by atoms with Gasteiger partial charge >= 0.3 is 0 Å². The number of likely N-dealkylation sites (tertiary alicyclic amines) is 1. The molecule has 2 rings (SSSR count). The molecule has 25 heavy (non-hydrogen) atoms. The standard InChI is InChI=1S/C16H32N4O3S.HI/c1-3-17-16(20-9-7-15(12-20)13-23-2)18-8-10-24(21,22)19-11-14-5-4-6-14;/h14-15,19H,3-13H2,1-2H3,(H,17,18);1H. The smallest absolute Gasteiger partial charge is 0.213 e. The summed E-state index contributed by atoms with van der Waals surface area (Å²) in [4.78, 5) is 6.70. The minimum atomic E-state index is -3.23. The molecule has 0 spiro atoms. The number of nitrogens with one attached hydrogen (secondary N) is 2. The summed E-state index contributed by atoms with van der Waals surface area (Å²) in [6, 6.07) is 0. The van der Waals surface area contributed by atoms with Gasteiger partial charge in [0.25, 0.3) is 0 Å². The Kier molecular flexibility index (Phi) is 10.6. The molecule has 1 saturated carbocycles. The predicted octanol–water partition coefficient (Wildman–Crippen LogP) is 1.26. The Hall–Kier alpha value is -0.130. The largest absolute Gasteiger partial charge is 0.384 e. The van der Waals surface area contributed by atoms with Crippen LogP contribution in [0.3, 0.4) is 0 Å². The summed E-state index contributed by atoms with van der Waals surface area (Å²) in [6.07, 6.45) is 4.59. The van der Waals surface area contributed by atoms with Gasteiger partial charge in [-0.15, -0.1) is 24.0 Å². The van der Waals surface area contributed by atoms with E-state index >= 15 is 0 Å². The molecule has 0 aromatic rings. The van der Waals surface area contributed by atoms with Crippen molar-refractivity contribution in [2.75, 3.05) is 52.2 Å². The quantitative estimate of drug-likeness (QED) is 0.290. The number of nitrogens with zero attached hydrogens (tertiary/aromatic N) is 2. The highest BCUT2D eigenvalue weighted by molar-refractivity contribution is 14.0. The molecule has 0 radical (unpaired) electrons. The second-order valence-corrected chi connectivity index (χ2v) is 8.68. The zero-order valence-corrected chi connectivity index (χ0v) is 18.5. The molecule has 0 amide bonds. The van der Waals surface area contributed by atoms with Crippen molar-refractivity contribution in [2.45, 2.75) is 32.6 Å². The van der Waals surface area contributed by atoms with Gasteiger partial charge in [0.05, 0.1) is 18.9 Å². The highest BCUT2D eigenvalue weighted by Gasteiger charge is 2.25. The van der Waals surface area contributed by atoms with E-state index in [0.29, 0.717) is 18.4 Å². The van der Waals surface area contributed by atoms with Crippen LogP contribution in [0.2, 0.25) is 0 Å². The van der Waals surface area contributed by atoms with E-state index in [9.17, 15) is 8.42 Å². The lowest BCUT2D eigenvalue weighted by molar-refractivity contribution is 0.157. The molecule has 148 valence electrons. The molecule has 2 aliphatic rings. The van der Waals surface area contributed by atoms with Crippen LogP contribution in [-0.4, -0.2) is 71.5 Å². The molecular weight excluding hydrogens is 455 g/mol. The van der Waals surface area contributed by atoms with Crippen LogP contribution in [0.4, 0.5) is 0 Å². The fourth-order valence-corrected chi connectivity index (χ4v) is 4.07. The fourth-order valence-electron chi connectivity index (χ4n) is 3.11. The molecule has 7 nitrogen and oxygen atoms in total. The molecule has 2 N–H and O–H groups in total. The van der Waals surface area contributed by atoms with Crippen molar-refractivity contribution in [1.82, 2.24) is 14.9 Å². The number of sulfonamides is 1. The number of guanidine groups is 1. The van der Waals surface area contributed by atoms with E-state index in [1.54, 1.807) is 7.11 Å². The maximum Gasteiger partial charge on any atom is 0.213 e. The molecule has 1 heterocycles. The number of aliphatic imine (C=N–C) groups is 1. The van der Waals surface area contributed by atoms with Crippen molar-refractivity contribution in [3.8, 4) is 0 Å². The molecule has 0 bridgehead atoms. The lowest BCUT2D eigenvalue weighted by Gasteiger charge is -2.25. The first kappa shape index (κ1) is 22.9. The molecular formula is C16H33IN4O3S. The Morgan fingerprint density at radius 3 is 2.64 bits per heavy atom. The molecule has 1 aliphatic carbocycles. The number of rotatable bonds is 9. The van der Waals surface area contributed by atoms with Gasteiger partial charge in [-0.25, -0.2) is 13.1 Å². The summed E-state index contributed by atoms with van der Waals surface area (Å²) in [5.74, 6) is 1.91. The maximum absolute atomic E-state index is 12.0. The SMILES string of the molecule is CCNC(=NCCS(=O)(=O)NCC1CCC1)N1CCC(COC)C1.I. The second-order valence-electron chi connectivity index (χ2n) is 6.76. The van der Waals surface area contributed by atoms with Gasteiger partial charge in [0, 0.05) is 39.2 Å². The fraction of sp³-hybridized carbons (Fsp3) is 0.938. The summed E-state index contributed by atoms with van der Waals surface area (Å²) < 4.78 is 32.0. The van der Waals surface area contributed by atoms with Gasteiger partial charge < -0.3 is 15.0 Å². The molecule has 0 aromatic heterocycles. The Labute approximate surface area is 169 Å². The highest BCUT2D eigenvalue weighted by Crippen LogP contribution is 2.25. The first-order valence-electron chi connectivity index (χ1n) is 9.03. The Morgan fingerprint density at radius 2 is 2.04 bits per heavy atom. The van der Waals surface area contributed by atoms with E-state index in [2.05, 4.69) is 19.9 Å². The first-order valence-corrected chi connectivity index (χ1v) is 10.7. The van der Waals surface area contributed by atoms with E-state index < -0.39 is 10.0 Å². The lowest BCUT2D eigenvalue weighted by Crippen LogP contribution is -2.41. The Morgan fingerprint density at radius 1 is 1.28 bits per heavy atom. The number of hydrogen-bond donors (Lipinski definition) is 2. The van der Waals surface area contributed by atoms with Gasteiger partial charge in [0.1, 0.15) is 0 Å². The predicted molar refractivity (Wildman–Crippen MR) is 112 cm³/mol. The molecule has 2 fully saturated rings. The van der Waals surface area contributed by atoms with Crippen molar-refractivity contribution >= 4 is 40.0 Å². The topological polar surface area (TPSA) is 83.0 Å². The van der Waals surface area contributed by atoms with Gasteiger partial charge in [-0.05, 0) is 32.1 Å². The Bertz CT molecular complexity index is 512. The van der Waals surface area contributed by atoms with Gasteiger partial charge in [-0.2, -0.15) is 0 Å². The third-order valence-electron chi connectivity index (χ3n) is 4.76. The van der Waals surface area contributed by atoms with Crippen LogP contribution in [-0.2, 0) is 14.8 Å². The van der Waals surface area contributed by atoms with E-state index in [-0.39, 0.29) is 36.3 Å². The summed E-state index contributed by atoms with van der Waals surface area (Å²) in [5.41, 5.74) is 0. The normalized spacial score (nSPS) is 21.8. The molecule has 1 atom stereocenters. The number of ether oxygens (including phenoxy) is 1. The van der Waals surface area contributed by atoms with E-state index in [4.69, 9.17) is 4.74 Å². The molecule has 0 aromatic carbocycles. The number of halogens is 1. The number of hydrogen-bond acceptors (Lipinski definition) is 4. The zero-order valence-electron chi connectivity index (χ0n) is 15.4. The van der Waals surface area contributed by atoms with Crippen LogP contribution >= 0.6 is 24.0 Å². The summed E-state index contributed by atoms with van der Waals surface area (Å²) in [6.45, 7) is 6.27. The van der Waals surface area contributed by atoms with Crippen LogP contribution in [0.15, 0.2) is 4.99 Å². The van der Waals surface area contributed by atoms with Crippen LogP contribution in [0, 0.1) is 11.8 Å². The third-order valence-corrected chi connectivity index (χ3v) is 6.09. The molecule has 1 aliphatic heterocycles. The van der Waals surface area contributed by atoms with E-state index in [1.807, 2.05) is 6.92 Å². The van der Waals surface area contributed by atoms with Gasteiger partial charge in [0.2, 0.25) is 10.0 Å². The summed E-state index contributed by atoms with van der Waals surface area (Å²) in [5, 5.41) is 3.26. The minimum absolute atomic E-state index is 0. The first-order chi connectivity index (χ1) is 11.5. The monoisotopic (exact) mass is 488 g/mol. The van der Waals surface area contributed by atoms with Gasteiger partial charge in [-0.1, -0.05) is 6.42 Å². The maximum atomic E-state index is 12.0. The molecule has 1 unspecified atom stereocenters. The summed E-state index contributed by atoms with van der Waals surface area (Å²) >= 11 is 0. The van der Waals surface area contributed by atoms with Gasteiger partial charge in [0.15, 0.2) is 5.96 Å². The lowest BCUT2D eigenvalue weighted by atomic mass is 9.86. The second kappa shape index (κ2) is 11.6. The zero-order chi connectivity index (χ0) is 17.4. The minimum Gasteiger partial charge on any atom is -0.384 e. The highest BCUT2D eigenvalue weighted by atomic mass is 127. The average molecular weight is 488 g/mol. The van der Waals surface area contributed by atoms with Crippen LogP contribution in [0.5, 0.6) is 0 Å². The van der Waals surface area contributed by atoms with Gasteiger partial charge in [-0.3, -0.25) is 4.99 Å².